The van der Waals surface area contributed by atoms with Crippen LogP contribution in [0.5, 0.6) is 5.75 Å². The van der Waals surface area contributed by atoms with E-state index in [2.05, 4.69) is 11.5 Å². The minimum absolute atomic E-state index is 0.0115. The second-order valence-electron chi connectivity index (χ2n) is 4.36. The zero-order valence-corrected chi connectivity index (χ0v) is 11.9. The minimum Gasteiger partial charge on any atom is -0.496 e. The Morgan fingerprint density at radius 2 is 2.00 bits per heavy atom. The smallest absolute Gasteiger partial charge is 0.123 e. The first-order chi connectivity index (χ1) is 9.22. The van der Waals surface area contributed by atoms with Gasteiger partial charge in [0, 0.05) is 19.3 Å². The van der Waals surface area contributed by atoms with Gasteiger partial charge in [0.15, 0.2) is 0 Å². The Morgan fingerprint density at radius 3 is 2.63 bits per heavy atom. The number of hydrogen-bond donors (Lipinski definition) is 2. The second-order valence-corrected chi connectivity index (χ2v) is 4.36. The first kappa shape index (κ1) is 15.9. The van der Waals surface area contributed by atoms with Gasteiger partial charge in [0.2, 0.25) is 0 Å². The van der Waals surface area contributed by atoms with E-state index in [1.54, 1.807) is 14.2 Å². The van der Waals surface area contributed by atoms with Crippen molar-refractivity contribution < 1.29 is 14.2 Å². The summed E-state index contributed by atoms with van der Waals surface area (Å²) in [5.74, 6) is 6.47. The van der Waals surface area contributed by atoms with E-state index in [4.69, 9.17) is 20.1 Å². The van der Waals surface area contributed by atoms with Crippen molar-refractivity contribution in [1.29, 1.82) is 0 Å². The molecule has 5 heteroatoms. The highest BCUT2D eigenvalue weighted by Gasteiger charge is 2.14. The van der Waals surface area contributed by atoms with Crippen LogP contribution in [-0.4, -0.2) is 34.0 Å². The molecule has 0 saturated heterocycles. The molecule has 1 unspecified atom stereocenters. The van der Waals surface area contributed by atoms with Crippen LogP contribution in [0.2, 0.25) is 0 Å². The van der Waals surface area contributed by atoms with Crippen molar-refractivity contribution in [3.8, 4) is 5.75 Å². The second kappa shape index (κ2) is 8.87. The van der Waals surface area contributed by atoms with Crippen LogP contribution in [0, 0.1) is 6.92 Å². The van der Waals surface area contributed by atoms with Crippen LogP contribution >= 0.6 is 0 Å². The van der Waals surface area contributed by atoms with Crippen LogP contribution in [0.15, 0.2) is 18.2 Å². The topological polar surface area (TPSA) is 65.7 Å². The Bertz CT molecular complexity index is 372. The Kier molecular flexibility index (Phi) is 7.43. The van der Waals surface area contributed by atoms with Gasteiger partial charge in [-0.15, -0.1) is 0 Å². The van der Waals surface area contributed by atoms with Crippen LogP contribution in [0.1, 0.15) is 23.6 Å². The third-order valence-corrected chi connectivity index (χ3v) is 2.94. The van der Waals surface area contributed by atoms with E-state index in [9.17, 15) is 0 Å². The van der Waals surface area contributed by atoms with Gasteiger partial charge < -0.3 is 14.2 Å². The van der Waals surface area contributed by atoms with Gasteiger partial charge in [0.25, 0.3) is 0 Å². The van der Waals surface area contributed by atoms with Crippen molar-refractivity contribution in [1.82, 2.24) is 5.43 Å². The molecule has 0 aliphatic carbocycles. The van der Waals surface area contributed by atoms with E-state index in [1.807, 2.05) is 19.1 Å². The molecule has 5 nitrogen and oxygen atoms in total. The summed E-state index contributed by atoms with van der Waals surface area (Å²) in [6.45, 7) is 3.87. The number of nitrogens with two attached hydrogens (primary N) is 1. The van der Waals surface area contributed by atoms with Gasteiger partial charge in [-0.1, -0.05) is 17.7 Å². The van der Waals surface area contributed by atoms with E-state index in [1.165, 1.54) is 5.56 Å². The zero-order valence-electron chi connectivity index (χ0n) is 11.9. The fourth-order valence-corrected chi connectivity index (χ4v) is 1.90. The fourth-order valence-electron chi connectivity index (χ4n) is 1.90. The monoisotopic (exact) mass is 268 g/mol. The van der Waals surface area contributed by atoms with Crippen molar-refractivity contribution >= 4 is 0 Å². The molecule has 1 rings (SSSR count). The van der Waals surface area contributed by atoms with Crippen LogP contribution in [0.3, 0.4) is 0 Å². The number of ether oxygens (including phenoxy) is 3. The summed E-state index contributed by atoms with van der Waals surface area (Å²) in [6.07, 6.45) is 0.778. The van der Waals surface area contributed by atoms with E-state index in [-0.39, 0.29) is 6.04 Å². The summed E-state index contributed by atoms with van der Waals surface area (Å²) in [7, 11) is 3.32. The lowest BCUT2D eigenvalue weighted by molar-refractivity contribution is 0.0656. The highest BCUT2D eigenvalue weighted by atomic mass is 16.5. The molecule has 1 atom stereocenters. The Balaban J connectivity index is 2.60. The molecule has 1 aromatic rings. The molecule has 3 N–H and O–H groups in total. The van der Waals surface area contributed by atoms with Gasteiger partial charge in [-0.2, -0.15) is 0 Å². The van der Waals surface area contributed by atoms with Crippen molar-refractivity contribution in [2.45, 2.75) is 19.4 Å². The molecule has 0 radical (unpaired) electrons. The average molecular weight is 268 g/mol. The lowest BCUT2D eigenvalue weighted by Crippen LogP contribution is -2.29. The third kappa shape index (κ3) is 5.16. The van der Waals surface area contributed by atoms with Gasteiger partial charge in [-0.05, 0) is 19.4 Å². The SMILES string of the molecule is COCCOCCC(NN)c1cc(C)ccc1OC. The zero-order chi connectivity index (χ0) is 14.1. The highest BCUT2D eigenvalue weighted by Crippen LogP contribution is 2.27. The fraction of sp³-hybridized carbons (Fsp3) is 0.571. The summed E-state index contributed by atoms with van der Waals surface area (Å²) in [5, 5.41) is 0. The molecular weight excluding hydrogens is 244 g/mol. The Morgan fingerprint density at radius 1 is 1.21 bits per heavy atom. The lowest BCUT2D eigenvalue weighted by atomic mass is 10.0. The molecule has 108 valence electrons. The summed E-state index contributed by atoms with van der Waals surface area (Å²) < 4.78 is 15.8. The van der Waals surface area contributed by atoms with E-state index in [0.717, 1.165) is 17.7 Å². The predicted molar refractivity (Wildman–Crippen MR) is 75.1 cm³/mol. The molecule has 0 fully saturated rings. The normalized spacial score (nSPS) is 12.4. The third-order valence-electron chi connectivity index (χ3n) is 2.94. The molecule has 0 spiro atoms. The van der Waals surface area contributed by atoms with Crippen LogP contribution in [-0.2, 0) is 9.47 Å². The molecule has 0 aromatic heterocycles. The maximum absolute atomic E-state index is 5.63. The number of nitrogens with one attached hydrogen (secondary N) is 1. The van der Waals surface area contributed by atoms with Crippen molar-refractivity contribution in [3.63, 3.8) is 0 Å². The molecule has 0 saturated carbocycles. The molecular formula is C14H24N2O3. The lowest BCUT2D eigenvalue weighted by Gasteiger charge is -2.19. The van der Waals surface area contributed by atoms with Gasteiger partial charge in [-0.3, -0.25) is 11.3 Å². The van der Waals surface area contributed by atoms with E-state index in [0.29, 0.717) is 19.8 Å². The number of hydrazine groups is 1. The summed E-state index contributed by atoms with van der Waals surface area (Å²) in [6, 6.07) is 6.07. The summed E-state index contributed by atoms with van der Waals surface area (Å²) in [5.41, 5.74) is 5.05. The first-order valence-electron chi connectivity index (χ1n) is 6.40. The van der Waals surface area contributed by atoms with Crippen LogP contribution < -0.4 is 16.0 Å². The summed E-state index contributed by atoms with van der Waals surface area (Å²) in [4.78, 5) is 0. The maximum atomic E-state index is 5.63. The number of hydrogen-bond acceptors (Lipinski definition) is 5. The van der Waals surface area contributed by atoms with E-state index >= 15 is 0 Å². The quantitative estimate of drug-likeness (QED) is 0.404. The first-order valence-corrected chi connectivity index (χ1v) is 6.40. The molecule has 0 aliphatic rings. The molecule has 0 bridgehead atoms. The van der Waals surface area contributed by atoms with Crippen molar-refractivity contribution in [2.24, 2.45) is 5.84 Å². The van der Waals surface area contributed by atoms with Crippen LogP contribution in [0.25, 0.3) is 0 Å². The molecule has 0 aliphatic heterocycles. The molecule has 19 heavy (non-hydrogen) atoms. The number of rotatable bonds is 9. The summed E-state index contributed by atoms with van der Waals surface area (Å²) >= 11 is 0. The van der Waals surface area contributed by atoms with Crippen molar-refractivity contribution in [3.05, 3.63) is 29.3 Å². The van der Waals surface area contributed by atoms with Gasteiger partial charge in [-0.25, -0.2) is 0 Å². The van der Waals surface area contributed by atoms with E-state index < -0.39 is 0 Å². The predicted octanol–water partition coefficient (Wildman–Crippen LogP) is 1.56. The minimum atomic E-state index is 0.0115. The standard InChI is InChI=1S/C14H24N2O3/c1-11-4-5-14(18-3)12(10-11)13(16-15)6-7-19-9-8-17-2/h4-5,10,13,16H,6-9,15H2,1-3H3. The van der Waals surface area contributed by atoms with Crippen molar-refractivity contribution in [2.75, 3.05) is 34.0 Å². The Hall–Kier alpha value is -1.14. The number of aryl methyl sites for hydroxylation is 1. The number of methoxy groups -OCH3 is 2. The molecule has 1 aromatic carbocycles. The van der Waals surface area contributed by atoms with Gasteiger partial charge >= 0.3 is 0 Å². The molecule has 0 amide bonds. The van der Waals surface area contributed by atoms with Gasteiger partial charge in [0.1, 0.15) is 5.75 Å². The maximum Gasteiger partial charge on any atom is 0.123 e. The number of benzene rings is 1. The highest BCUT2D eigenvalue weighted by molar-refractivity contribution is 5.39. The van der Waals surface area contributed by atoms with Crippen LogP contribution in [0.4, 0.5) is 0 Å². The molecule has 0 heterocycles. The average Bonchev–Trinajstić information content (AvgIpc) is 2.43. The largest absolute Gasteiger partial charge is 0.496 e. The Labute approximate surface area is 115 Å². The van der Waals surface area contributed by atoms with Gasteiger partial charge in [0.05, 0.1) is 26.4 Å².